The van der Waals surface area contributed by atoms with E-state index in [-0.39, 0.29) is 0 Å². The molecule has 3 rings (SSSR count). The average molecular weight is 270 g/mol. The first-order chi connectivity index (χ1) is 9.76. The lowest BCUT2D eigenvalue weighted by Gasteiger charge is -2.22. The number of hydrazine groups is 1. The third-order valence-corrected chi connectivity index (χ3v) is 4.37. The van der Waals surface area contributed by atoms with Crippen LogP contribution in [0.15, 0.2) is 36.7 Å². The molecular formula is C16H22N4. The Morgan fingerprint density at radius 1 is 1.35 bits per heavy atom. The molecule has 1 aromatic heterocycles. The molecule has 0 spiro atoms. The Kier molecular flexibility index (Phi) is 3.85. The zero-order valence-electron chi connectivity index (χ0n) is 11.9. The van der Waals surface area contributed by atoms with E-state index >= 15 is 0 Å². The Hall–Kier alpha value is -1.65. The highest BCUT2D eigenvalue weighted by Crippen LogP contribution is 2.29. The first kappa shape index (κ1) is 13.3. The van der Waals surface area contributed by atoms with Crippen LogP contribution in [0.3, 0.4) is 0 Å². The van der Waals surface area contributed by atoms with E-state index in [4.69, 9.17) is 5.84 Å². The Morgan fingerprint density at radius 3 is 2.60 bits per heavy atom. The molecule has 1 aromatic carbocycles. The third kappa shape index (κ3) is 2.76. The van der Waals surface area contributed by atoms with Crippen molar-refractivity contribution >= 4 is 0 Å². The average Bonchev–Trinajstić information content (AvgIpc) is 3.05. The molecule has 2 aromatic rings. The Labute approximate surface area is 120 Å². The summed E-state index contributed by atoms with van der Waals surface area (Å²) < 4.78 is 1.85. The number of nitrogens with two attached hydrogens (primary N) is 1. The highest BCUT2D eigenvalue weighted by molar-refractivity contribution is 5.32. The number of aromatic nitrogens is 2. The quantitative estimate of drug-likeness (QED) is 0.641. The largest absolute Gasteiger partial charge is 0.276 e. The van der Waals surface area contributed by atoms with Gasteiger partial charge >= 0.3 is 0 Å². The van der Waals surface area contributed by atoms with Crippen LogP contribution in [0.5, 0.6) is 0 Å². The molecule has 1 unspecified atom stereocenters. The number of rotatable bonds is 5. The topological polar surface area (TPSA) is 55.9 Å². The van der Waals surface area contributed by atoms with Crippen LogP contribution in [-0.4, -0.2) is 15.8 Å². The van der Waals surface area contributed by atoms with Crippen molar-refractivity contribution in [1.82, 2.24) is 15.2 Å². The number of hydrogen-bond acceptors (Lipinski definition) is 3. The van der Waals surface area contributed by atoms with Gasteiger partial charge in [0.2, 0.25) is 0 Å². The zero-order valence-corrected chi connectivity index (χ0v) is 11.9. The second kappa shape index (κ2) is 5.77. The van der Waals surface area contributed by atoms with E-state index in [9.17, 15) is 0 Å². The van der Waals surface area contributed by atoms with Gasteiger partial charge in [0.25, 0.3) is 0 Å². The van der Waals surface area contributed by atoms with E-state index in [1.165, 1.54) is 16.7 Å². The molecule has 0 aliphatic heterocycles. The van der Waals surface area contributed by atoms with Crippen molar-refractivity contribution in [3.63, 3.8) is 0 Å². The Morgan fingerprint density at radius 2 is 2.05 bits per heavy atom. The second-order valence-electron chi connectivity index (χ2n) is 5.77. The van der Waals surface area contributed by atoms with E-state index in [0.717, 1.165) is 25.7 Å². The molecule has 0 radical (unpaired) electrons. The monoisotopic (exact) mass is 270 g/mol. The number of fused-ring (bicyclic) bond motifs is 1. The molecule has 20 heavy (non-hydrogen) atoms. The van der Waals surface area contributed by atoms with Crippen molar-refractivity contribution in [2.75, 3.05) is 0 Å². The van der Waals surface area contributed by atoms with Crippen LogP contribution in [0.25, 0.3) is 0 Å². The van der Waals surface area contributed by atoms with Crippen molar-refractivity contribution in [1.29, 1.82) is 0 Å². The van der Waals surface area contributed by atoms with Gasteiger partial charge in [-0.25, -0.2) is 0 Å². The van der Waals surface area contributed by atoms with Gasteiger partial charge in [0.1, 0.15) is 0 Å². The van der Waals surface area contributed by atoms with Gasteiger partial charge in [-0.15, -0.1) is 0 Å². The molecule has 1 atom stereocenters. The Bertz CT molecular complexity index is 550. The number of benzene rings is 1. The van der Waals surface area contributed by atoms with Gasteiger partial charge in [0.15, 0.2) is 0 Å². The fourth-order valence-corrected chi connectivity index (χ4v) is 3.26. The van der Waals surface area contributed by atoms with E-state index in [2.05, 4.69) is 41.0 Å². The predicted octanol–water partition coefficient (Wildman–Crippen LogP) is 1.60. The molecule has 0 bridgehead atoms. The highest BCUT2D eigenvalue weighted by Gasteiger charge is 2.27. The van der Waals surface area contributed by atoms with Crippen molar-refractivity contribution in [2.45, 2.75) is 31.7 Å². The predicted molar refractivity (Wildman–Crippen MR) is 80.0 cm³/mol. The van der Waals surface area contributed by atoms with Crippen LogP contribution in [0.2, 0.25) is 0 Å². The smallest absolute Gasteiger partial charge is 0.0521 e. The second-order valence-corrected chi connectivity index (χ2v) is 5.77. The SMILES string of the molecule is Cn1cc(CCC(NN)C2Cc3ccccc3C2)cn1. The van der Waals surface area contributed by atoms with Crippen molar-refractivity contribution in [2.24, 2.45) is 18.8 Å². The lowest BCUT2D eigenvalue weighted by Crippen LogP contribution is -2.41. The maximum atomic E-state index is 5.79. The van der Waals surface area contributed by atoms with Gasteiger partial charge < -0.3 is 0 Å². The molecular weight excluding hydrogens is 248 g/mol. The van der Waals surface area contributed by atoms with Crippen LogP contribution in [0.4, 0.5) is 0 Å². The van der Waals surface area contributed by atoms with Gasteiger partial charge in [0, 0.05) is 19.3 Å². The van der Waals surface area contributed by atoms with E-state index < -0.39 is 0 Å². The highest BCUT2D eigenvalue weighted by atomic mass is 15.2. The van der Waals surface area contributed by atoms with Gasteiger partial charge in [0.05, 0.1) is 6.20 Å². The summed E-state index contributed by atoms with van der Waals surface area (Å²) in [6, 6.07) is 9.10. The molecule has 4 heteroatoms. The third-order valence-electron chi connectivity index (χ3n) is 4.37. The summed E-state index contributed by atoms with van der Waals surface area (Å²) in [5.74, 6) is 6.39. The molecule has 4 nitrogen and oxygen atoms in total. The molecule has 1 aliphatic rings. The van der Waals surface area contributed by atoms with Crippen LogP contribution < -0.4 is 11.3 Å². The Balaban J connectivity index is 1.61. The molecule has 3 N–H and O–H groups in total. The zero-order chi connectivity index (χ0) is 13.9. The first-order valence-corrected chi connectivity index (χ1v) is 7.26. The summed E-state index contributed by atoms with van der Waals surface area (Å²) >= 11 is 0. The van der Waals surface area contributed by atoms with Gasteiger partial charge in [-0.3, -0.25) is 16.0 Å². The molecule has 0 amide bonds. The lowest BCUT2D eigenvalue weighted by atomic mass is 9.92. The van der Waals surface area contributed by atoms with Crippen LogP contribution in [0, 0.1) is 5.92 Å². The van der Waals surface area contributed by atoms with Crippen LogP contribution >= 0.6 is 0 Å². The summed E-state index contributed by atoms with van der Waals surface area (Å²) in [5.41, 5.74) is 7.28. The minimum absolute atomic E-state index is 0.364. The molecule has 0 saturated heterocycles. The normalized spacial score (nSPS) is 16.3. The molecule has 1 aliphatic carbocycles. The standard InChI is InChI=1S/C16H22N4/c1-20-11-12(10-18-20)6-7-16(19-17)15-8-13-4-2-3-5-14(13)9-15/h2-5,10-11,15-16,19H,6-9,17H2,1H3. The molecule has 106 valence electrons. The summed E-state index contributed by atoms with van der Waals surface area (Å²) in [6.45, 7) is 0. The van der Waals surface area contributed by atoms with Gasteiger partial charge in [-0.05, 0) is 48.3 Å². The minimum Gasteiger partial charge on any atom is -0.276 e. The van der Waals surface area contributed by atoms with E-state index in [1.54, 1.807) is 0 Å². The summed E-state index contributed by atoms with van der Waals surface area (Å²) in [5, 5.41) is 4.22. The summed E-state index contributed by atoms with van der Waals surface area (Å²) in [4.78, 5) is 0. The van der Waals surface area contributed by atoms with E-state index in [1.807, 2.05) is 17.9 Å². The number of nitrogens with zero attached hydrogens (tertiary/aromatic N) is 2. The number of nitrogens with one attached hydrogen (secondary N) is 1. The first-order valence-electron chi connectivity index (χ1n) is 7.26. The summed E-state index contributed by atoms with van der Waals surface area (Å²) in [7, 11) is 1.95. The van der Waals surface area contributed by atoms with Crippen molar-refractivity contribution in [3.05, 3.63) is 53.3 Å². The maximum Gasteiger partial charge on any atom is 0.0521 e. The number of aryl methyl sites for hydroxylation is 2. The number of hydrogen-bond donors (Lipinski definition) is 2. The molecule has 0 fully saturated rings. The molecule has 1 heterocycles. The van der Waals surface area contributed by atoms with E-state index in [0.29, 0.717) is 12.0 Å². The van der Waals surface area contributed by atoms with Crippen molar-refractivity contribution < 1.29 is 0 Å². The minimum atomic E-state index is 0.364. The van der Waals surface area contributed by atoms with Gasteiger partial charge in [-0.1, -0.05) is 24.3 Å². The maximum absolute atomic E-state index is 5.79. The fourth-order valence-electron chi connectivity index (χ4n) is 3.26. The van der Waals surface area contributed by atoms with Crippen LogP contribution in [0.1, 0.15) is 23.1 Å². The lowest BCUT2D eigenvalue weighted by molar-refractivity contribution is 0.350. The molecule has 0 saturated carbocycles. The fraction of sp³-hybridized carbons (Fsp3) is 0.438. The van der Waals surface area contributed by atoms with Crippen LogP contribution in [-0.2, 0) is 26.3 Å². The summed E-state index contributed by atoms with van der Waals surface area (Å²) in [6.07, 6.45) is 8.38. The van der Waals surface area contributed by atoms with Gasteiger partial charge in [-0.2, -0.15) is 5.10 Å². The van der Waals surface area contributed by atoms with Crippen molar-refractivity contribution in [3.8, 4) is 0 Å².